The molecule has 0 bridgehead atoms. The number of rotatable bonds is 11. The molecule has 4 heteroatoms. The average Bonchev–Trinajstić information content (AvgIpc) is 2.46. The van der Waals surface area contributed by atoms with E-state index in [-0.39, 0.29) is 24.8 Å². The summed E-state index contributed by atoms with van der Waals surface area (Å²) in [6.45, 7) is 15.9. The second-order valence-electron chi connectivity index (χ2n) is 8.05. The van der Waals surface area contributed by atoms with Gasteiger partial charge in [-0.25, -0.2) is 0 Å². The first kappa shape index (κ1) is 21.9. The van der Waals surface area contributed by atoms with Crippen LogP contribution in [0.3, 0.4) is 0 Å². The number of esters is 2. The third kappa shape index (κ3) is 11.2. The van der Waals surface area contributed by atoms with Crippen LogP contribution in [0.4, 0.5) is 0 Å². The summed E-state index contributed by atoms with van der Waals surface area (Å²) in [6, 6.07) is 0. The van der Waals surface area contributed by atoms with Crippen LogP contribution in [-0.2, 0) is 19.1 Å². The molecule has 0 aromatic rings. The highest BCUT2D eigenvalue weighted by atomic mass is 16.5. The first-order valence-electron chi connectivity index (χ1n) is 8.85. The van der Waals surface area contributed by atoms with Gasteiger partial charge in [0.1, 0.15) is 0 Å². The lowest BCUT2D eigenvalue weighted by atomic mass is 9.76. The molecular formula is C19H36O4. The second kappa shape index (κ2) is 10.7. The fraction of sp³-hybridized carbons (Fsp3) is 0.895. The normalized spacial score (nSPS) is 13.3. The summed E-state index contributed by atoms with van der Waals surface area (Å²) in [7, 11) is 0. The van der Waals surface area contributed by atoms with E-state index in [1.54, 1.807) is 0 Å². The van der Waals surface area contributed by atoms with Gasteiger partial charge in [0.2, 0.25) is 0 Å². The molecule has 0 spiro atoms. The number of ether oxygens (including phenoxy) is 2. The Labute approximate surface area is 142 Å². The highest BCUT2D eigenvalue weighted by Gasteiger charge is 2.23. The molecule has 0 heterocycles. The molecule has 0 fully saturated rings. The van der Waals surface area contributed by atoms with E-state index < -0.39 is 0 Å². The van der Waals surface area contributed by atoms with Crippen molar-refractivity contribution in [1.82, 2.24) is 0 Å². The van der Waals surface area contributed by atoms with Crippen LogP contribution in [0, 0.1) is 23.2 Å². The third-order valence-corrected chi connectivity index (χ3v) is 4.48. The van der Waals surface area contributed by atoms with Gasteiger partial charge in [-0.2, -0.15) is 0 Å². The Kier molecular flexibility index (Phi) is 10.2. The predicted molar refractivity (Wildman–Crippen MR) is 93.0 cm³/mol. The van der Waals surface area contributed by atoms with Gasteiger partial charge in [-0.05, 0) is 36.0 Å². The maximum Gasteiger partial charge on any atom is 0.306 e. The Morgan fingerprint density at radius 2 is 1.35 bits per heavy atom. The molecular weight excluding hydrogens is 292 g/mol. The van der Waals surface area contributed by atoms with E-state index in [0.29, 0.717) is 36.4 Å². The van der Waals surface area contributed by atoms with Gasteiger partial charge >= 0.3 is 11.9 Å². The standard InChI is InChI=1S/C19H36O4/c1-14(2)12-22-17(20)8-9-18(21)23-13-16(5)10-11-19(6,7)15(3)4/h14-16H,8-13H2,1-7H3. The zero-order valence-electron chi connectivity index (χ0n) is 16.1. The number of hydrogen-bond acceptors (Lipinski definition) is 4. The lowest BCUT2D eigenvalue weighted by molar-refractivity contribution is -0.151. The number of hydrogen-bond donors (Lipinski definition) is 0. The van der Waals surface area contributed by atoms with Gasteiger partial charge < -0.3 is 9.47 Å². The van der Waals surface area contributed by atoms with Crippen molar-refractivity contribution in [1.29, 1.82) is 0 Å². The fourth-order valence-corrected chi connectivity index (χ4v) is 1.83. The van der Waals surface area contributed by atoms with E-state index in [1.807, 2.05) is 13.8 Å². The Morgan fingerprint density at radius 1 is 0.870 bits per heavy atom. The minimum Gasteiger partial charge on any atom is -0.465 e. The Balaban J connectivity index is 3.86. The summed E-state index contributed by atoms with van der Waals surface area (Å²) in [5.41, 5.74) is 0.304. The van der Waals surface area contributed by atoms with Crippen LogP contribution in [0.25, 0.3) is 0 Å². The zero-order valence-corrected chi connectivity index (χ0v) is 16.1. The highest BCUT2D eigenvalue weighted by molar-refractivity contribution is 5.77. The maximum absolute atomic E-state index is 11.7. The van der Waals surface area contributed by atoms with Crippen molar-refractivity contribution in [3.8, 4) is 0 Å². The van der Waals surface area contributed by atoms with Crippen LogP contribution < -0.4 is 0 Å². The average molecular weight is 328 g/mol. The number of carbonyl (C=O) groups excluding carboxylic acids is 2. The van der Waals surface area contributed by atoms with Crippen LogP contribution >= 0.6 is 0 Å². The molecule has 0 saturated carbocycles. The summed E-state index contributed by atoms with van der Waals surface area (Å²) >= 11 is 0. The van der Waals surface area contributed by atoms with E-state index in [9.17, 15) is 9.59 Å². The van der Waals surface area contributed by atoms with Crippen molar-refractivity contribution in [3.63, 3.8) is 0 Å². The molecule has 1 atom stereocenters. The van der Waals surface area contributed by atoms with Gasteiger partial charge in [0.15, 0.2) is 0 Å². The minimum absolute atomic E-state index is 0.0975. The molecule has 0 N–H and O–H groups in total. The molecule has 0 aromatic heterocycles. The molecule has 0 rings (SSSR count). The van der Waals surface area contributed by atoms with Gasteiger partial charge in [-0.3, -0.25) is 9.59 Å². The van der Waals surface area contributed by atoms with E-state index in [0.717, 1.165) is 12.8 Å². The van der Waals surface area contributed by atoms with E-state index >= 15 is 0 Å². The fourth-order valence-electron chi connectivity index (χ4n) is 1.83. The summed E-state index contributed by atoms with van der Waals surface area (Å²) in [5, 5.41) is 0. The predicted octanol–water partition coefficient (Wildman–Crippen LogP) is 4.61. The van der Waals surface area contributed by atoms with Crippen LogP contribution in [0.5, 0.6) is 0 Å². The smallest absolute Gasteiger partial charge is 0.306 e. The molecule has 0 radical (unpaired) electrons. The van der Waals surface area contributed by atoms with Crippen molar-refractivity contribution in [2.45, 2.75) is 74.1 Å². The van der Waals surface area contributed by atoms with Gasteiger partial charge in [0.25, 0.3) is 0 Å². The number of carbonyl (C=O) groups is 2. The van der Waals surface area contributed by atoms with Crippen LogP contribution in [-0.4, -0.2) is 25.2 Å². The van der Waals surface area contributed by atoms with Crippen molar-refractivity contribution >= 4 is 11.9 Å². The molecule has 1 unspecified atom stereocenters. The minimum atomic E-state index is -0.331. The Bertz CT molecular complexity index is 358. The van der Waals surface area contributed by atoms with Crippen LogP contribution in [0.15, 0.2) is 0 Å². The van der Waals surface area contributed by atoms with Crippen molar-refractivity contribution in [2.24, 2.45) is 23.2 Å². The first-order chi connectivity index (χ1) is 10.5. The summed E-state index contributed by atoms with van der Waals surface area (Å²) in [5.74, 6) is 0.629. The summed E-state index contributed by atoms with van der Waals surface area (Å²) in [6.07, 6.45) is 2.35. The SMILES string of the molecule is CC(C)COC(=O)CCC(=O)OCC(C)CCC(C)(C)C(C)C. The first-order valence-corrected chi connectivity index (χ1v) is 8.85. The largest absolute Gasteiger partial charge is 0.465 e. The molecule has 4 nitrogen and oxygen atoms in total. The quantitative estimate of drug-likeness (QED) is 0.520. The van der Waals surface area contributed by atoms with Crippen LogP contribution in [0.1, 0.15) is 74.1 Å². The second-order valence-corrected chi connectivity index (χ2v) is 8.05. The molecule has 136 valence electrons. The summed E-state index contributed by atoms with van der Waals surface area (Å²) < 4.78 is 10.3. The molecule has 0 aliphatic heterocycles. The third-order valence-electron chi connectivity index (χ3n) is 4.48. The summed E-state index contributed by atoms with van der Waals surface area (Å²) in [4.78, 5) is 23.1. The van der Waals surface area contributed by atoms with Gasteiger partial charge in [0.05, 0.1) is 26.1 Å². The van der Waals surface area contributed by atoms with Gasteiger partial charge in [0, 0.05) is 0 Å². The highest BCUT2D eigenvalue weighted by Crippen LogP contribution is 2.32. The van der Waals surface area contributed by atoms with Crippen LogP contribution in [0.2, 0.25) is 0 Å². The van der Waals surface area contributed by atoms with Gasteiger partial charge in [-0.1, -0.05) is 48.5 Å². The molecule has 0 amide bonds. The lowest BCUT2D eigenvalue weighted by Gasteiger charge is -2.30. The zero-order chi connectivity index (χ0) is 18.0. The van der Waals surface area contributed by atoms with E-state index in [4.69, 9.17) is 9.47 Å². The Hall–Kier alpha value is -1.06. The lowest BCUT2D eigenvalue weighted by Crippen LogP contribution is -2.21. The monoisotopic (exact) mass is 328 g/mol. The topological polar surface area (TPSA) is 52.6 Å². The maximum atomic E-state index is 11.7. The van der Waals surface area contributed by atoms with E-state index in [1.165, 1.54) is 0 Å². The Morgan fingerprint density at radius 3 is 1.78 bits per heavy atom. The molecule has 0 aromatic carbocycles. The van der Waals surface area contributed by atoms with Crippen molar-refractivity contribution < 1.29 is 19.1 Å². The van der Waals surface area contributed by atoms with E-state index in [2.05, 4.69) is 34.6 Å². The molecule has 0 saturated heterocycles. The van der Waals surface area contributed by atoms with Gasteiger partial charge in [-0.15, -0.1) is 0 Å². The molecule has 0 aliphatic rings. The molecule has 0 aliphatic carbocycles. The molecule has 23 heavy (non-hydrogen) atoms. The van der Waals surface area contributed by atoms with Crippen molar-refractivity contribution in [3.05, 3.63) is 0 Å². The van der Waals surface area contributed by atoms with Crippen molar-refractivity contribution in [2.75, 3.05) is 13.2 Å².